The van der Waals surface area contributed by atoms with Crippen LogP contribution in [0.1, 0.15) is 20.8 Å². The molecule has 0 saturated heterocycles. The minimum Gasteiger partial charge on any atom is -0.451 e. The van der Waals surface area contributed by atoms with Gasteiger partial charge in [-0.25, -0.2) is 9.59 Å². The van der Waals surface area contributed by atoms with Crippen molar-refractivity contribution in [3.05, 3.63) is 12.2 Å². The summed E-state index contributed by atoms with van der Waals surface area (Å²) >= 11 is 0. The molecule has 0 aromatic carbocycles. The SMILES string of the molecule is CC(C)(C)OC(=O)OC[C@@H]1C=CC(=O)O1. The summed E-state index contributed by atoms with van der Waals surface area (Å²) in [4.78, 5) is 21.7. The van der Waals surface area contributed by atoms with E-state index in [1.54, 1.807) is 20.8 Å². The predicted octanol–water partition coefficient (Wildman–Crippen LogP) is 1.42. The maximum Gasteiger partial charge on any atom is 0.508 e. The zero-order valence-corrected chi connectivity index (χ0v) is 8.98. The van der Waals surface area contributed by atoms with Crippen molar-refractivity contribution in [3.8, 4) is 0 Å². The molecule has 5 nitrogen and oxygen atoms in total. The second-order valence-corrected chi connectivity index (χ2v) is 4.11. The van der Waals surface area contributed by atoms with Crippen LogP contribution < -0.4 is 0 Å². The smallest absolute Gasteiger partial charge is 0.451 e. The molecule has 1 heterocycles. The van der Waals surface area contributed by atoms with Gasteiger partial charge in [0.15, 0.2) is 6.10 Å². The van der Waals surface area contributed by atoms with E-state index in [0.29, 0.717) is 0 Å². The average Bonchev–Trinajstić information content (AvgIpc) is 2.45. The van der Waals surface area contributed by atoms with Crippen molar-refractivity contribution in [2.24, 2.45) is 0 Å². The van der Waals surface area contributed by atoms with E-state index in [2.05, 4.69) is 0 Å². The highest BCUT2D eigenvalue weighted by Crippen LogP contribution is 2.10. The normalized spacial score (nSPS) is 19.9. The fraction of sp³-hybridized carbons (Fsp3) is 0.600. The Morgan fingerprint density at radius 3 is 2.67 bits per heavy atom. The molecule has 0 amide bonds. The van der Waals surface area contributed by atoms with Gasteiger partial charge in [0.05, 0.1) is 0 Å². The van der Waals surface area contributed by atoms with Crippen molar-refractivity contribution in [1.29, 1.82) is 0 Å². The maximum absolute atomic E-state index is 11.1. The highest BCUT2D eigenvalue weighted by atomic mass is 16.7. The van der Waals surface area contributed by atoms with Gasteiger partial charge in [-0.3, -0.25) is 0 Å². The average molecular weight is 214 g/mol. The molecule has 0 aromatic rings. The van der Waals surface area contributed by atoms with Crippen molar-refractivity contribution < 1.29 is 23.8 Å². The lowest BCUT2D eigenvalue weighted by atomic mass is 10.2. The summed E-state index contributed by atoms with van der Waals surface area (Å²) in [7, 11) is 0. The Bertz CT molecular complexity index is 287. The van der Waals surface area contributed by atoms with Gasteiger partial charge >= 0.3 is 12.1 Å². The summed E-state index contributed by atoms with van der Waals surface area (Å²) in [5, 5.41) is 0. The number of rotatable bonds is 2. The zero-order valence-electron chi connectivity index (χ0n) is 8.98. The minimum atomic E-state index is -0.765. The molecule has 1 aliphatic rings. The monoisotopic (exact) mass is 214 g/mol. The van der Waals surface area contributed by atoms with Crippen molar-refractivity contribution in [2.75, 3.05) is 6.61 Å². The Balaban J connectivity index is 2.23. The standard InChI is InChI=1S/C10H14O5/c1-10(2,3)15-9(12)13-6-7-4-5-8(11)14-7/h4-5,7H,6H2,1-3H3/t7-/m0/s1. The molecule has 1 aliphatic heterocycles. The van der Waals surface area contributed by atoms with Gasteiger partial charge in [0.2, 0.25) is 0 Å². The van der Waals surface area contributed by atoms with Gasteiger partial charge in [0.25, 0.3) is 0 Å². The summed E-state index contributed by atoms with van der Waals surface area (Å²) in [6.45, 7) is 5.20. The molecule has 0 unspecified atom stereocenters. The third-order valence-corrected chi connectivity index (χ3v) is 1.47. The van der Waals surface area contributed by atoms with Gasteiger partial charge in [0.1, 0.15) is 12.2 Å². The van der Waals surface area contributed by atoms with Crippen molar-refractivity contribution >= 4 is 12.1 Å². The number of hydrogen-bond donors (Lipinski definition) is 0. The predicted molar refractivity (Wildman–Crippen MR) is 51.2 cm³/mol. The molecule has 1 atom stereocenters. The Kier molecular flexibility index (Phi) is 3.34. The van der Waals surface area contributed by atoms with E-state index in [1.165, 1.54) is 12.2 Å². The van der Waals surface area contributed by atoms with E-state index in [-0.39, 0.29) is 6.61 Å². The van der Waals surface area contributed by atoms with Gasteiger partial charge in [-0.05, 0) is 26.8 Å². The van der Waals surface area contributed by atoms with Crippen molar-refractivity contribution in [1.82, 2.24) is 0 Å². The summed E-state index contributed by atoms with van der Waals surface area (Å²) in [6, 6.07) is 0. The van der Waals surface area contributed by atoms with Crippen LogP contribution >= 0.6 is 0 Å². The molecule has 0 saturated carbocycles. The molecule has 0 fully saturated rings. The lowest BCUT2D eigenvalue weighted by Crippen LogP contribution is -2.27. The summed E-state index contributed by atoms with van der Waals surface area (Å²) in [5.74, 6) is -0.423. The first kappa shape index (κ1) is 11.6. The van der Waals surface area contributed by atoms with E-state index in [0.717, 1.165) is 0 Å². The van der Waals surface area contributed by atoms with Crippen molar-refractivity contribution in [2.45, 2.75) is 32.5 Å². The molecule has 5 heteroatoms. The van der Waals surface area contributed by atoms with Gasteiger partial charge in [-0.1, -0.05) is 0 Å². The topological polar surface area (TPSA) is 61.8 Å². The van der Waals surface area contributed by atoms with Crippen LogP contribution in [0.4, 0.5) is 4.79 Å². The zero-order chi connectivity index (χ0) is 11.5. The van der Waals surface area contributed by atoms with Crippen LogP contribution in [0.3, 0.4) is 0 Å². The quantitative estimate of drug-likeness (QED) is 0.650. The van der Waals surface area contributed by atoms with E-state index in [1.807, 2.05) is 0 Å². The molecule has 1 rings (SSSR count). The number of carbonyl (C=O) groups excluding carboxylic acids is 2. The van der Waals surface area contributed by atoms with Crippen LogP contribution in [0.5, 0.6) is 0 Å². The van der Waals surface area contributed by atoms with Crippen LogP contribution in [0.25, 0.3) is 0 Å². The first-order valence-corrected chi connectivity index (χ1v) is 4.61. The fourth-order valence-electron chi connectivity index (χ4n) is 0.933. The largest absolute Gasteiger partial charge is 0.508 e. The summed E-state index contributed by atoms with van der Waals surface area (Å²) < 4.78 is 14.4. The van der Waals surface area contributed by atoms with Crippen LogP contribution in [-0.2, 0) is 19.0 Å². The lowest BCUT2D eigenvalue weighted by Gasteiger charge is -2.19. The molecule has 0 spiro atoms. The molecular formula is C10H14O5. The Hall–Kier alpha value is -1.52. The molecule has 0 N–H and O–H groups in total. The third-order valence-electron chi connectivity index (χ3n) is 1.47. The van der Waals surface area contributed by atoms with Gasteiger partial charge in [-0.2, -0.15) is 0 Å². The van der Waals surface area contributed by atoms with Gasteiger partial charge < -0.3 is 14.2 Å². The lowest BCUT2D eigenvalue weighted by molar-refractivity contribution is -0.140. The molecular weight excluding hydrogens is 200 g/mol. The highest BCUT2D eigenvalue weighted by Gasteiger charge is 2.21. The molecule has 0 aromatic heterocycles. The minimum absolute atomic E-state index is 0.0167. The van der Waals surface area contributed by atoms with Crippen LogP contribution in [0.15, 0.2) is 12.2 Å². The summed E-state index contributed by atoms with van der Waals surface area (Å²) in [6.07, 6.45) is 1.57. The van der Waals surface area contributed by atoms with E-state index in [9.17, 15) is 9.59 Å². The second kappa shape index (κ2) is 4.33. The Morgan fingerprint density at radius 1 is 1.53 bits per heavy atom. The number of ether oxygens (including phenoxy) is 3. The second-order valence-electron chi connectivity index (χ2n) is 4.11. The molecule has 0 radical (unpaired) electrons. The fourth-order valence-corrected chi connectivity index (χ4v) is 0.933. The van der Waals surface area contributed by atoms with Crippen LogP contribution in [0, 0.1) is 0 Å². The highest BCUT2D eigenvalue weighted by molar-refractivity contribution is 5.84. The van der Waals surface area contributed by atoms with Crippen LogP contribution in [-0.4, -0.2) is 30.4 Å². The van der Waals surface area contributed by atoms with Crippen molar-refractivity contribution in [3.63, 3.8) is 0 Å². The number of carbonyl (C=O) groups is 2. The summed E-state index contributed by atoms with van der Waals surface area (Å²) in [5.41, 5.74) is -0.584. The number of esters is 1. The molecule has 15 heavy (non-hydrogen) atoms. The van der Waals surface area contributed by atoms with Gasteiger partial charge in [0, 0.05) is 6.08 Å². The Labute approximate surface area is 88.0 Å². The maximum atomic E-state index is 11.1. The van der Waals surface area contributed by atoms with Gasteiger partial charge in [-0.15, -0.1) is 0 Å². The van der Waals surface area contributed by atoms with E-state index in [4.69, 9.17) is 14.2 Å². The first-order valence-electron chi connectivity index (χ1n) is 4.61. The molecule has 0 bridgehead atoms. The molecule has 0 aliphatic carbocycles. The molecule has 84 valence electrons. The van der Waals surface area contributed by atoms with E-state index < -0.39 is 23.8 Å². The number of cyclic esters (lactones) is 1. The van der Waals surface area contributed by atoms with Crippen LogP contribution in [0.2, 0.25) is 0 Å². The third kappa shape index (κ3) is 4.49. The number of hydrogen-bond acceptors (Lipinski definition) is 5. The Morgan fingerprint density at radius 2 is 2.20 bits per heavy atom. The first-order chi connectivity index (χ1) is 6.87. The van der Waals surface area contributed by atoms with E-state index >= 15 is 0 Å².